The van der Waals surface area contributed by atoms with Crippen LogP contribution in [0.1, 0.15) is 30.6 Å². The zero-order valence-electron chi connectivity index (χ0n) is 10.4. The Labute approximate surface area is 108 Å². The van der Waals surface area contributed by atoms with Crippen molar-refractivity contribution in [3.8, 4) is 0 Å². The first-order valence-corrected chi connectivity index (χ1v) is 7.30. The third-order valence-electron chi connectivity index (χ3n) is 3.15. The van der Waals surface area contributed by atoms with Crippen LogP contribution in [-0.2, 0) is 11.2 Å². The van der Waals surface area contributed by atoms with E-state index in [1.54, 1.807) is 0 Å². The van der Waals surface area contributed by atoms with Gasteiger partial charge < -0.3 is 10.1 Å². The van der Waals surface area contributed by atoms with Gasteiger partial charge in [-0.05, 0) is 56.7 Å². The van der Waals surface area contributed by atoms with E-state index in [-0.39, 0.29) is 0 Å². The fraction of sp³-hybridized carbons (Fsp3) is 0.571. The summed E-state index contributed by atoms with van der Waals surface area (Å²) in [5.74, 6) is 1.16. The standard InChI is InChI=1S/C14H21NOS/c1-15-13(14-9-2-3-10-16-14)8-4-6-12-7-5-11-17-12/h5,7,9,11,13,15H,2-4,6,8,10H2,1H3. The Morgan fingerprint density at radius 2 is 2.47 bits per heavy atom. The summed E-state index contributed by atoms with van der Waals surface area (Å²) in [6.07, 6.45) is 8.12. The molecule has 0 saturated heterocycles. The first-order valence-electron chi connectivity index (χ1n) is 6.42. The monoisotopic (exact) mass is 251 g/mol. The first kappa shape index (κ1) is 12.7. The van der Waals surface area contributed by atoms with Crippen molar-refractivity contribution in [1.82, 2.24) is 5.32 Å². The second-order valence-corrected chi connectivity index (χ2v) is 5.44. The molecule has 2 heterocycles. The molecule has 0 saturated carbocycles. The van der Waals surface area contributed by atoms with E-state index in [0.29, 0.717) is 6.04 Å². The Hall–Kier alpha value is -0.800. The van der Waals surface area contributed by atoms with Gasteiger partial charge in [-0.25, -0.2) is 0 Å². The van der Waals surface area contributed by atoms with E-state index in [1.807, 2.05) is 18.4 Å². The maximum Gasteiger partial charge on any atom is 0.109 e. The lowest BCUT2D eigenvalue weighted by Gasteiger charge is -2.23. The summed E-state index contributed by atoms with van der Waals surface area (Å²) in [5.41, 5.74) is 0. The van der Waals surface area contributed by atoms with Crippen LogP contribution in [0.4, 0.5) is 0 Å². The minimum Gasteiger partial charge on any atom is -0.497 e. The summed E-state index contributed by atoms with van der Waals surface area (Å²) < 4.78 is 5.72. The lowest BCUT2D eigenvalue weighted by Crippen LogP contribution is -2.30. The highest BCUT2D eigenvalue weighted by Gasteiger charge is 2.15. The van der Waals surface area contributed by atoms with Crippen molar-refractivity contribution in [1.29, 1.82) is 0 Å². The Morgan fingerprint density at radius 3 is 3.12 bits per heavy atom. The van der Waals surface area contributed by atoms with Crippen molar-refractivity contribution in [2.24, 2.45) is 0 Å². The number of ether oxygens (including phenoxy) is 1. The molecule has 0 spiro atoms. The van der Waals surface area contributed by atoms with E-state index in [2.05, 4.69) is 28.9 Å². The topological polar surface area (TPSA) is 21.3 Å². The SMILES string of the molecule is CNC(CCCc1cccs1)C1=CCCCO1. The number of likely N-dealkylation sites (N-methyl/N-ethyl adjacent to an activating group) is 1. The summed E-state index contributed by atoms with van der Waals surface area (Å²) in [7, 11) is 2.02. The maximum atomic E-state index is 5.72. The predicted octanol–water partition coefficient (Wildman–Crippen LogP) is 3.35. The summed E-state index contributed by atoms with van der Waals surface area (Å²) in [6, 6.07) is 4.74. The highest BCUT2D eigenvalue weighted by atomic mass is 32.1. The molecule has 1 atom stereocenters. The molecular weight excluding hydrogens is 230 g/mol. The smallest absolute Gasteiger partial charge is 0.109 e. The molecule has 0 fully saturated rings. The molecule has 1 aliphatic rings. The summed E-state index contributed by atoms with van der Waals surface area (Å²) in [4.78, 5) is 1.48. The van der Waals surface area contributed by atoms with E-state index in [0.717, 1.165) is 25.2 Å². The van der Waals surface area contributed by atoms with Crippen molar-refractivity contribution in [2.45, 2.75) is 38.1 Å². The molecular formula is C14H21NOS. The van der Waals surface area contributed by atoms with Gasteiger partial charge in [0.05, 0.1) is 12.6 Å². The minimum absolute atomic E-state index is 0.398. The van der Waals surface area contributed by atoms with Gasteiger partial charge in [0.25, 0.3) is 0 Å². The average molecular weight is 251 g/mol. The molecule has 1 aliphatic heterocycles. The fourth-order valence-corrected chi connectivity index (χ4v) is 2.93. The Kier molecular flexibility index (Phi) is 5.08. The van der Waals surface area contributed by atoms with Crippen molar-refractivity contribution >= 4 is 11.3 Å². The van der Waals surface area contributed by atoms with Crippen LogP contribution in [-0.4, -0.2) is 19.7 Å². The van der Waals surface area contributed by atoms with Gasteiger partial charge in [0, 0.05) is 4.88 Å². The maximum absolute atomic E-state index is 5.72. The zero-order valence-corrected chi connectivity index (χ0v) is 11.3. The number of rotatable bonds is 6. The molecule has 1 N–H and O–H groups in total. The van der Waals surface area contributed by atoms with Crippen molar-refractivity contribution < 1.29 is 4.74 Å². The normalized spacial score (nSPS) is 17.4. The number of aryl methyl sites for hydroxylation is 1. The fourth-order valence-electron chi connectivity index (χ4n) is 2.18. The third-order valence-corrected chi connectivity index (χ3v) is 4.09. The Bertz CT molecular complexity index is 345. The van der Waals surface area contributed by atoms with E-state index < -0.39 is 0 Å². The van der Waals surface area contributed by atoms with Gasteiger partial charge in [-0.2, -0.15) is 0 Å². The highest BCUT2D eigenvalue weighted by Crippen LogP contribution is 2.19. The quantitative estimate of drug-likeness (QED) is 0.837. The second kappa shape index (κ2) is 6.82. The van der Waals surface area contributed by atoms with Gasteiger partial charge in [-0.1, -0.05) is 6.07 Å². The molecule has 0 aromatic carbocycles. The van der Waals surface area contributed by atoms with Gasteiger partial charge in [-0.3, -0.25) is 0 Å². The van der Waals surface area contributed by atoms with Crippen LogP contribution in [0.15, 0.2) is 29.3 Å². The zero-order chi connectivity index (χ0) is 11.9. The Morgan fingerprint density at radius 1 is 1.53 bits per heavy atom. The predicted molar refractivity (Wildman–Crippen MR) is 73.4 cm³/mol. The first-order chi connectivity index (χ1) is 8.40. The largest absolute Gasteiger partial charge is 0.497 e. The van der Waals surface area contributed by atoms with E-state index >= 15 is 0 Å². The van der Waals surface area contributed by atoms with Gasteiger partial charge in [0.2, 0.25) is 0 Å². The van der Waals surface area contributed by atoms with Crippen LogP contribution in [0.25, 0.3) is 0 Å². The van der Waals surface area contributed by atoms with Gasteiger partial charge >= 0.3 is 0 Å². The number of thiophene rings is 1. The van der Waals surface area contributed by atoms with Crippen LogP contribution >= 0.6 is 11.3 Å². The molecule has 0 aliphatic carbocycles. The van der Waals surface area contributed by atoms with E-state index in [1.165, 1.54) is 24.1 Å². The molecule has 1 aromatic rings. The molecule has 3 heteroatoms. The van der Waals surface area contributed by atoms with Crippen LogP contribution in [0.3, 0.4) is 0 Å². The number of hydrogen-bond acceptors (Lipinski definition) is 3. The van der Waals surface area contributed by atoms with Gasteiger partial charge in [0.1, 0.15) is 5.76 Å². The molecule has 1 aromatic heterocycles. The molecule has 1 unspecified atom stereocenters. The molecule has 17 heavy (non-hydrogen) atoms. The van der Waals surface area contributed by atoms with Crippen LogP contribution in [0.2, 0.25) is 0 Å². The molecule has 0 bridgehead atoms. The molecule has 0 radical (unpaired) electrons. The molecule has 2 nitrogen and oxygen atoms in total. The van der Waals surface area contributed by atoms with Gasteiger partial charge in [-0.15, -0.1) is 11.3 Å². The van der Waals surface area contributed by atoms with Crippen molar-refractivity contribution in [3.63, 3.8) is 0 Å². The van der Waals surface area contributed by atoms with Crippen LogP contribution < -0.4 is 5.32 Å². The Balaban J connectivity index is 1.77. The summed E-state index contributed by atoms with van der Waals surface area (Å²) in [5, 5.41) is 5.51. The molecule has 94 valence electrons. The van der Waals surface area contributed by atoms with E-state index in [9.17, 15) is 0 Å². The highest BCUT2D eigenvalue weighted by molar-refractivity contribution is 7.09. The minimum atomic E-state index is 0.398. The lowest BCUT2D eigenvalue weighted by molar-refractivity contribution is 0.166. The van der Waals surface area contributed by atoms with E-state index in [4.69, 9.17) is 4.74 Å². The number of hydrogen-bond donors (Lipinski definition) is 1. The lowest BCUT2D eigenvalue weighted by atomic mass is 10.0. The molecule has 2 rings (SSSR count). The van der Waals surface area contributed by atoms with Crippen LogP contribution in [0.5, 0.6) is 0 Å². The van der Waals surface area contributed by atoms with Gasteiger partial charge in [0.15, 0.2) is 0 Å². The number of nitrogens with one attached hydrogen (secondary N) is 1. The summed E-state index contributed by atoms with van der Waals surface area (Å²) >= 11 is 1.85. The van der Waals surface area contributed by atoms with Crippen molar-refractivity contribution in [3.05, 3.63) is 34.2 Å². The third kappa shape index (κ3) is 3.86. The van der Waals surface area contributed by atoms with Crippen LogP contribution in [0, 0.1) is 0 Å². The summed E-state index contributed by atoms with van der Waals surface area (Å²) in [6.45, 7) is 0.884. The molecule has 0 amide bonds. The second-order valence-electron chi connectivity index (χ2n) is 4.41. The average Bonchev–Trinajstić information content (AvgIpc) is 2.89. The number of allylic oxidation sites excluding steroid dienone is 1. The van der Waals surface area contributed by atoms with Crippen molar-refractivity contribution in [2.75, 3.05) is 13.7 Å².